The van der Waals surface area contributed by atoms with E-state index in [1.54, 1.807) is 0 Å². The Morgan fingerprint density at radius 2 is 2.26 bits per heavy atom. The second-order valence-electron chi connectivity index (χ2n) is 4.42. The predicted molar refractivity (Wildman–Crippen MR) is 72.1 cm³/mol. The lowest BCUT2D eigenvalue weighted by Gasteiger charge is -2.13. The number of rotatable bonds is 6. The molecule has 0 fully saturated rings. The van der Waals surface area contributed by atoms with Gasteiger partial charge < -0.3 is 10.6 Å². The van der Waals surface area contributed by atoms with Gasteiger partial charge in [-0.25, -0.2) is 4.39 Å². The van der Waals surface area contributed by atoms with Gasteiger partial charge in [0.25, 0.3) is 0 Å². The van der Waals surface area contributed by atoms with Crippen molar-refractivity contribution in [2.45, 2.75) is 32.7 Å². The highest BCUT2D eigenvalue weighted by atomic mass is 19.1. The first kappa shape index (κ1) is 15.0. The molecule has 0 bridgehead atoms. The van der Waals surface area contributed by atoms with E-state index in [1.807, 2.05) is 19.9 Å². The van der Waals surface area contributed by atoms with Crippen molar-refractivity contribution < 1.29 is 9.18 Å². The number of benzene rings is 1. The Balaban J connectivity index is 2.49. The number of nitrogens with zero attached hydrogens (tertiary/aromatic N) is 1. The van der Waals surface area contributed by atoms with Gasteiger partial charge in [-0.3, -0.25) is 4.79 Å². The third kappa shape index (κ3) is 4.96. The Bertz CT molecular complexity index is 482. The van der Waals surface area contributed by atoms with Gasteiger partial charge in [0.05, 0.1) is 23.9 Å². The van der Waals surface area contributed by atoms with Gasteiger partial charge in [0.2, 0.25) is 5.91 Å². The van der Waals surface area contributed by atoms with Crippen LogP contribution in [0.25, 0.3) is 0 Å². The number of nitrogens with one attached hydrogen (secondary N) is 2. The van der Waals surface area contributed by atoms with Crippen LogP contribution < -0.4 is 10.6 Å². The first-order valence-corrected chi connectivity index (χ1v) is 6.29. The molecule has 0 aliphatic carbocycles. The summed E-state index contributed by atoms with van der Waals surface area (Å²) >= 11 is 0. The summed E-state index contributed by atoms with van der Waals surface area (Å²) in [5.41, 5.74) is 0.473. The van der Waals surface area contributed by atoms with Gasteiger partial charge in [-0.1, -0.05) is 13.3 Å². The maximum atomic E-state index is 13.5. The smallest absolute Gasteiger partial charge is 0.239 e. The summed E-state index contributed by atoms with van der Waals surface area (Å²) in [6.07, 6.45) is 1.91. The Morgan fingerprint density at radius 3 is 2.84 bits per heavy atom. The molecule has 0 aliphatic rings. The van der Waals surface area contributed by atoms with Crippen molar-refractivity contribution in [2.75, 3.05) is 11.9 Å². The molecule has 0 radical (unpaired) electrons. The van der Waals surface area contributed by atoms with Crippen molar-refractivity contribution >= 4 is 11.6 Å². The van der Waals surface area contributed by atoms with Crippen molar-refractivity contribution in [2.24, 2.45) is 0 Å². The number of hydrogen-bond donors (Lipinski definition) is 2. The van der Waals surface area contributed by atoms with Crippen LogP contribution >= 0.6 is 0 Å². The van der Waals surface area contributed by atoms with Gasteiger partial charge in [0.1, 0.15) is 5.82 Å². The maximum absolute atomic E-state index is 13.5. The molecule has 1 aromatic carbocycles. The molecular weight excluding hydrogens is 245 g/mol. The average Bonchev–Trinajstić information content (AvgIpc) is 2.37. The fraction of sp³-hybridized carbons (Fsp3) is 0.429. The lowest BCUT2D eigenvalue weighted by atomic mass is 10.2. The van der Waals surface area contributed by atoms with Crippen LogP contribution in [0.15, 0.2) is 18.2 Å². The van der Waals surface area contributed by atoms with Crippen LogP contribution in [0.5, 0.6) is 0 Å². The van der Waals surface area contributed by atoms with E-state index >= 15 is 0 Å². The summed E-state index contributed by atoms with van der Waals surface area (Å²) in [4.78, 5) is 11.6. The summed E-state index contributed by atoms with van der Waals surface area (Å²) in [6.45, 7) is 3.99. The zero-order valence-electron chi connectivity index (χ0n) is 11.2. The number of halogens is 1. The molecule has 0 saturated carbocycles. The van der Waals surface area contributed by atoms with E-state index in [4.69, 9.17) is 5.26 Å². The fourth-order valence-corrected chi connectivity index (χ4v) is 1.73. The van der Waals surface area contributed by atoms with E-state index in [0.717, 1.165) is 18.9 Å². The van der Waals surface area contributed by atoms with Crippen LogP contribution in [-0.2, 0) is 4.79 Å². The first-order chi connectivity index (χ1) is 9.06. The SMILES string of the molecule is CCCC(C)NC(=O)CNc1ccc(C#N)cc1F. The molecule has 5 heteroatoms. The molecule has 1 rings (SSSR count). The van der Waals surface area contributed by atoms with Crippen LogP contribution in [0.4, 0.5) is 10.1 Å². The second-order valence-corrected chi connectivity index (χ2v) is 4.42. The monoisotopic (exact) mass is 263 g/mol. The number of hydrogen-bond acceptors (Lipinski definition) is 3. The Hall–Kier alpha value is -2.09. The largest absolute Gasteiger partial charge is 0.374 e. The number of carbonyl (C=O) groups excluding carboxylic acids is 1. The van der Waals surface area contributed by atoms with E-state index in [-0.39, 0.29) is 29.7 Å². The van der Waals surface area contributed by atoms with Crippen molar-refractivity contribution in [1.82, 2.24) is 5.32 Å². The van der Waals surface area contributed by atoms with Crippen LogP contribution in [0.1, 0.15) is 32.3 Å². The Kier molecular flexibility index (Phi) is 5.80. The van der Waals surface area contributed by atoms with Crippen molar-refractivity contribution in [3.63, 3.8) is 0 Å². The minimum Gasteiger partial charge on any atom is -0.374 e. The van der Waals surface area contributed by atoms with Crippen LogP contribution in [-0.4, -0.2) is 18.5 Å². The lowest BCUT2D eigenvalue weighted by molar-refractivity contribution is -0.120. The molecule has 1 atom stereocenters. The third-order valence-corrected chi connectivity index (χ3v) is 2.67. The predicted octanol–water partition coefficient (Wildman–Crippen LogP) is 2.41. The Labute approximate surface area is 112 Å². The minimum absolute atomic E-state index is 0.0108. The van der Waals surface area contributed by atoms with Crippen LogP contribution in [0.3, 0.4) is 0 Å². The zero-order chi connectivity index (χ0) is 14.3. The van der Waals surface area contributed by atoms with E-state index in [9.17, 15) is 9.18 Å². The number of amides is 1. The molecular formula is C14H18FN3O. The highest BCUT2D eigenvalue weighted by molar-refractivity contribution is 5.81. The molecule has 1 aromatic rings. The maximum Gasteiger partial charge on any atom is 0.239 e. The van der Waals surface area contributed by atoms with Crippen molar-refractivity contribution in [3.05, 3.63) is 29.6 Å². The normalized spacial score (nSPS) is 11.5. The molecule has 0 spiro atoms. The third-order valence-electron chi connectivity index (χ3n) is 2.67. The average molecular weight is 263 g/mol. The van der Waals surface area contributed by atoms with Crippen molar-refractivity contribution in [1.29, 1.82) is 5.26 Å². The summed E-state index contributed by atoms with van der Waals surface area (Å²) in [6, 6.07) is 6.07. The second kappa shape index (κ2) is 7.37. The highest BCUT2D eigenvalue weighted by Crippen LogP contribution is 2.14. The molecule has 0 aliphatic heterocycles. The summed E-state index contributed by atoms with van der Waals surface area (Å²) < 4.78 is 13.5. The van der Waals surface area contributed by atoms with Gasteiger partial charge >= 0.3 is 0 Å². The molecule has 0 saturated heterocycles. The quantitative estimate of drug-likeness (QED) is 0.828. The number of carbonyl (C=O) groups is 1. The molecule has 0 aromatic heterocycles. The van der Waals surface area contributed by atoms with Gasteiger partial charge in [-0.15, -0.1) is 0 Å². The Morgan fingerprint density at radius 1 is 1.53 bits per heavy atom. The van der Waals surface area contributed by atoms with E-state index in [0.29, 0.717) is 0 Å². The number of nitriles is 1. The fourth-order valence-electron chi connectivity index (χ4n) is 1.73. The van der Waals surface area contributed by atoms with Gasteiger partial charge in [-0.05, 0) is 31.5 Å². The summed E-state index contributed by atoms with van der Waals surface area (Å²) in [7, 11) is 0. The molecule has 102 valence electrons. The van der Waals surface area contributed by atoms with Gasteiger partial charge in [-0.2, -0.15) is 5.26 Å². The van der Waals surface area contributed by atoms with Crippen LogP contribution in [0, 0.1) is 17.1 Å². The minimum atomic E-state index is -0.534. The van der Waals surface area contributed by atoms with E-state index in [2.05, 4.69) is 10.6 Å². The molecule has 19 heavy (non-hydrogen) atoms. The van der Waals surface area contributed by atoms with Crippen molar-refractivity contribution in [3.8, 4) is 6.07 Å². The lowest BCUT2D eigenvalue weighted by Crippen LogP contribution is -2.36. The standard InChI is InChI=1S/C14H18FN3O/c1-3-4-10(2)18-14(19)9-17-13-6-5-11(8-16)7-12(13)15/h5-7,10,17H,3-4,9H2,1-2H3,(H,18,19). The summed E-state index contributed by atoms with van der Waals surface area (Å²) in [5, 5.41) is 14.2. The number of anilines is 1. The molecule has 1 unspecified atom stereocenters. The molecule has 2 N–H and O–H groups in total. The van der Waals surface area contributed by atoms with Gasteiger partial charge in [0.15, 0.2) is 0 Å². The topological polar surface area (TPSA) is 64.9 Å². The molecule has 0 heterocycles. The van der Waals surface area contributed by atoms with Crippen LogP contribution in [0.2, 0.25) is 0 Å². The van der Waals surface area contributed by atoms with E-state index in [1.165, 1.54) is 12.1 Å². The van der Waals surface area contributed by atoms with Gasteiger partial charge in [0, 0.05) is 6.04 Å². The molecule has 4 nitrogen and oxygen atoms in total. The summed E-state index contributed by atoms with van der Waals surface area (Å²) in [5.74, 6) is -0.710. The first-order valence-electron chi connectivity index (χ1n) is 6.29. The highest BCUT2D eigenvalue weighted by Gasteiger charge is 2.08. The van der Waals surface area contributed by atoms with E-state index < -0.39 is 5.82 Å². The zero-order valence-corrected chi connectivity index (χ0v) is 11.2. The molecule has 1 amide bonds.